The number of hydrogen-bond acceptors (Lipinski definition) is 3. The molecule has 5 nitrogen and oxygen atoms in total. The Hall–Kier alpha value is -3.34. The molecule has 2 aromatic carbocycles. The molecule has 0 aliphatic rings. The Morgan fingerprint density at radius 3 is 2.34 bits per heavy atom. The summed E-state index contributed by atoms with van der Waals surface area (Å²) in [6.45, 7) is 5.23. The van der Waals surface area contributed by atoms with Gasteiger partial charge in [0.1, 0.15) is 0 Å². The second kappa shape index (κ2) is 9.24. The van der Waals surface area contributed by atoms with Gasteiger partial charge >= 0.3 is 0 Å². The molecule has 1 heterocycles. The van der Waals surface area contributed by atoms with E-state index < -0.39 is 5.43 Å². The quantitative estimate of drug-likeness (QED) is 0.663. The lowest BCUT2D eigenvalue weighted by Gasteiger charge is -2.20. The van der Waals surface area contributed by atoms with Gasteiger partial charge in [0, 0.05) is 37.0 Å². The fraction of sp³-hybridized carbons (Fsp3) is 0.250. The van der Waals surface area contributed by atoms with Crippen molar-refractivity contribution in [2.75, 3.05) is 13.1 Å². The van der Waals surface area contributed by atoms with Crippen molar-refractivity contribution < 1.29 is 9.90 Å². The van der Waals surface area contributed by atoms with Crippen molar-refractivity contribution in [1.82, 2.24) is 9.47 Å². The van der Waals surface area contributed by atoms with Crippen molar-refractivity contribution >= 4 is 5.91 Å². The zero-order chi connectivity index (χ0) is 20.8. The fourth-order valence-electron chi connectivity index (χ4n) is 3.43. The van der Waals surface area contributed by atoms with Crippen LogP contribution in [0.3, 0.4) is 0 Å². The summed E-state index contributed by atoms with van der Waals surface area (Å²) in [5, 5.41) is 10.0. The lowest BCUT2D eigenvalue weighted by atomic mass is 10.0. The predicted octanol–water partition coefficient (Wildman–Crippen LogP) is 4.01. The van der Waals surface area contributed by atoms with Crippen LogP contribution in [0.15, 0.2) is 71.7 Å². The molecule has 1 N–H and O–H groups in total. The summed E-state index contributed by atoms with van der Waals surface area (Å²) >= 11 is 0. The molecule has 0 spiro atoms. The first kappa shape index (κ1) is 20.4. The minimum atomic E-state index is -0.439. The average molecular weight is 390 g/mol. The Kier molecular flexibility index (Phi) is 6.50. The minimum Gasteiger partial charge on any atom is -0.503 e. The van der Waals surface area contributed by atoms with Crippen LogP contribution in [0, 0.1) is 0 Å². The number of aryl methyl sites for hydroxylation is 1. The molecule has 0 radical (unpaired) electrons. The van der Waals surface area contributed by atoms with E-state index in [0.29, 0.717) is 31.6 Å². The monoisotopic (exact) mass is 390 g/mol. The first-order valence-electron chi connectivity index (χ1n) is 9.91. The highest BCUT2D eigenvalue weighted by Crippen LogP contribution is 2.23. The molecule has 0 saturated carbocycles. The van der Waals surface area contributed by atoms with Crippen molar-refractivity contribution in [2.24, 2.45) is 0 Å². The van der Waals surface area contributed by atoms with Gasteiger partial charge in [-0.25, -0.2) is 0 Å². The molecule has 0 fully saturated rings. The van der Waals surface area contributed by atoms with E-state index in [-0.39, 0.29) is 11.7 Å². The first-order valence-corrected chi connectivity index (χ1v) is 9.91. The maximum absolute atomic E-state index is 12.4. The average Bonchev–Trinajstić information content (AvgIpc) is 2.76. The number of carbonyl (C=O) groups excluding carboxylic acids is 1. The molecule has 5 heteroatoms. The third-order valence-corrected chi connectivity index (χ3v) is 5.05. The van der Waals surface area contributed by atoms with Gasteiger partial charge in [-0.05, 0) is 43.5 Å². The highest BCUT2D eigenvalue weighted by atomic mass is 16.3. The number of amides is 1. The summed E-state index contributed by atoms with van der Waals surface area (Å²) < 4.78 is 1.79. The highest BCUT2D eigenvalue weighted by Gasteiger charge is 2.13. The van der Waals surface area contributed by atoms with Crippen LogP contribution in [-0.2, 0) is 11.2 Å². The van der Waals surface area contributed by atoms with Crippen LogP contribution in [0.5, 0.6) is 5.75 Å². The second-order valence-electron chi connectivity index (χ2n) is 6.87. The van der Waals surface area contributed by atoms with Crippen LogP contribution in [0.4, 0.5) is 0 Å². The predicted molar refractivity (Wildman–Crippen MR) is 115 cm³/mol. The Morgan fingerprint density at radius 2 is 1.66 bits per heavy atom. The molecule has 29 heavy (non-hydrogen) atoms. The Bertz CT molecular complexity index is 1040. The Morgan fingerprint density at radius 1 is 0.966 bits per heavy atom. The normalized spacial score (nSPS) is 10.7. The molecule has 0 aliphatic heterocycles. The summed E-state index contributed by atoms with van der Waals surface area (Å²) in [6.07, 6.45) is 2.16. The summed E-state index contributed by atoms with van der Waals surface area (Å²) in [5.41, 5.74) is 3.19. The van der Waals surface area contributed by atoms with Gasteiger partial charge in [-0.1, -0.05) is 42.5 Å². The zero-order valence-electron chi connectivity index (χ0n) is 16.8. The van der Waals surface area contributed by atoms with Crippen molar-refractivity contribution in [3.8, 4) is 22.6 Å². The van der Waals surface area contributed by atoms with E-state index in [2.05, 4.69) is 0 Å². The maximum atomic E-state index is 12.4. The number of aromatic hydroxyl groups is 1. The van der Waals surface area contributed by atoms with Gasteiger partial charge in [0.25, 0.3) is 0 Å². The lowest BCUT2D eigenvalue weighted by Crippen LogP contribution is -2.30. The second-order valence-corrected chi connectivity index (χ2v) is 6.87. The molecular formula is C24H26N2O3. The largest absolute Gasteiger partial charge is 0.503 e. The molecule has 150 valence electrons. The van der Waals surface area contributed by atoms with E-state index in [0.717, 1.165) is 16.8 Å². The maximum Gasteiger partial charge on any atom is 0.223 e. The summed E-state index contributed by atoms with van der Waals surface area (Å²) in [4.78, 5) is 26.2. The van der Waals surface area contributed by atoms with Gasteiger partial charge in [0.2, 0.25) is 11.3 Å². The topological polar surface area (TPSA) is 62.5 Å². The number of nitrogens with zero attached hydrogens (tertiary/aromatic N) is 2. The van der Waals surface area contributed by atoms with Crippen LogP contribution in [-0.4, -0.2) is 33.6 Å². The van der Waals surface area contributed by atoms with Crippen molar-refractivity contribution in [3.05, 3.63) is 82.8 Å². The number of benzene rings is 2. The molecule has 0 saturated heterocycles. The van der Waals surface area contributed by atoms with Crippen LogP contribution >= 0.6 is 0 Å². The smallest absolute Gasteiger partial charge is 0.223 e. The van der Waals surface area contributed by atoms with E-state index in [1.807, 2.05) is 68.4 Å². The summed E-state index contributed by atoms with van der Waals surface area (Å²) in [7, 11) is 0. The third kappa shape index (κ3) is 4.74. The van der Waals surface area contributed by atoms with Gasteiger partial charge in [0.15, 0.2) is 5.75 Å². The molecule has 3 aromatic rings. The summed E-state index contributed by atoms with van der Waals surface area (Å²) in [5.74, 6) is -0.256. The fourth-order valence-corrected chi connectivity index (χ4v) is 3.43. The van der Waals surface area contributed by atoms with E-state index in [1.165, 1.54) is 12.3 Å². The molecule has 0 atom stereocenters. The highest BCUT2D eigenvalue weighted by molar-refractivity contribution is 5.76. The number of carbonyl (C=O) groups is 1. The van der Waals surface area contributed by atoms with E-state index >= 15 is 0 Å². The van der Waals surface area contributed by atoms with Crippen LogP contribution < -0.4 is 5.43 Å². The summed E-state index contributed by atoms with van der Waals surface area (Å²) in [6, 6.07) is 19.3. The van der Waals surface area contributed by atoms with Crippen molar-refractivity contribution in [3.63, 3.8) is 0 Å². The third-order valence-electron chi connectivity index (χ3n) is 5.05. The van der Waals surface area contributed by atoms with Crippen LogP contribution in [0.25, 0.3) is 16.8 Å². The van der Waals surface area contributed by atoms with Gasteiger partial charge in [-0.2, -0.15) is 0 Å². The minimum absolute atomic E-state index is 0.0557. The molecular weight excluding hydrogens is 364 g/mol. The molecule has 0 unspecified atom stereocenters. The lowest BCUT2D eigenvalue weighted by molar-refractivity contribution is -0.130. The van der Waals surface area contributed by atoms with E-state index in [4.69, 9.17) is 0 Å². The molecule has 0 aliphatic carbocycles. The van der Waals surface area contributed by atoms with Crippen molar-refractivity contribution in [2.45, 2.75) is 26.7 Å². The van der Waals surface area contributed by atoms with Crippen molar-refractivity contribution in [1.29, 1.82) is 0 Å². The molecule has 1 amide bonds. The Labute approximate surface area is 170 Å². The molecule has 0 bridgehead atoms. The standard InChI is InChI=1S/C24H26N2O3/c1-3-25(4-2)24(29)14-13-21-16-22(27)23(28)17-26(21)20-12-8-11-19(15-20)18-9-6-5-7-10-18/h5-12,15-17,28H,3-4,13-14H2,1-2H3. The number of aromatic nitrogens is 1. The van der Waals surface area contributed by atoms with Gasteiger partial charge in [-0.15, -0.1) is 0 Å². The van der Waals surface area contributed by atoms with Crippen LogP contribution in [0.1, 0.15) is 26.0 Å². The first-order chi connectivity index (χ1) is 14.0. The number of hydrogen-bond donors (Lipinski definition) is 1. The Balaban J connectivity index is 1.96. The zero-order valence-corrected chi connectivity index (χ0v) is 16.8. The van der Waals surface area contributed by atoms with Gasteiger partial charge in [-0.3, -0.25) is 9.59 Å². The van der Waals surface area contributed by atoms with Gasteiger partial charge < -0.3 is 14.6 Å². The van der Waals surface area contributed by atoms with Gasteiger partial charge in [0.05, 0.1) is 6.20 Å². The molecule has 1 aromatic heterocycles. The van der Waals surface area contributed by atoms with E-state index in [9.17, 15) is 14.7 Å². The SMILES string of the molecule is CCN(CC)C(=O)CCc1cc(=O)c(O)cn1-c1cccc(-c2ccccc2)c1. The number of pyridine rings is 1. The van der Waals surface area contributed by atoms with Crippen LogP contribution in [0.2, 0.25) is 0 Å². The molecule has 3 rings (SSSR count). The van der Waals surface area contributed by atoms with E-state index in [1.54, 1.807) is 9.47 Å². The number of rotatable bonds is 7.